The molecule has 0 aliphatic heterocycles. The van der Waals surface area contributed by atoms with Crippen LogP contribution in [0.15, 0.2) is 77.7 Å². The third-order valence-electron chi connectivity index (χ3n) is 4.46. The van der Waals surface area contributed by atoms with Gasteiger partial charge in [0.1, 0.15) is 5.82 Å². The van der Waals surface area contributed by atoms with E-state index in [-0.39, 0.29) is 22.9 Å². The van der Waals surface area contributed by atoms with Crippen LogP contribution in [0, 0.1) is 12.7 Å². The van der Waals surface area contributed by atoms with Crippen molar-refractivity contribution in [3.05, 3.63) is 89.7 Å². The lowest BCUT2D eigenvalue weighted by molar-refractivity contribution is -0.115. The summed E-state index contributed by atoms with van der Waals surface area (Å²) in [5.41, 5.74) is 2.89. The summed E-state index contributed by atoms with van der Waals surface area (Å²) in [6, 6.07) is 20.4. The largest absolute Gasteiger partial charge is 0.325 e. The van der Waals surface area contributed by atoms with Crippen LogP contribution in [0.4, 0.5) is 15.8 Å². The highest BCUT2D eigenvalue weighted by atomic mass is 32.2. The van der Waals surface area contributed by atoms with E-state index in [4.69, 9.17) is 0 Å². The molecular formula is C24H23FN2O2S. The van der Waals surface area contributed by atoms with Gasteiger partial charge in [-0.3, -0.25) is 9.59 Å². The summed E-state index contributed by atoms with van der Waals surface area (Å²) in [6.07, 6.45) is 0.661. The number of carbonyl (C=O) groups is 2. The van der Waals surface area contributed by atoms with Crippen LogP contribution >= 0.6 is 11.8 Å². The van der Waals surface area contributed by atoms with E-state index in [2.05, 4.69) is 10.6 Å². The number of nitrogens with one attached hydrogen (secondary N) is 2. The second-order valence-corrected chi connectivity index (χ2v) is 8.14. The van der Waals surface area contributed by atoms with Gasteiger partial charge in [-0.25, -0.2) is 4.39 Å². The van der Waals surface area contributed by atoms with E-state index in [9.17, 15) is 14.0 Å². The van der Waals surface area contributed by atoms with Crippen molar-refractivity contribution in [3.8, 4) is 0 Å². The van der Waals surface area contributed by atoms with E-state index in [1.807, 2.05) is 56.3 Å². The number of benzene rings is 3. The Kier molecular flexibility index (Phi) is 7.25. The van der Waals surface area contributed by atoms with Gasteiger partial charge < -0.3 is 10.6 Å². The number of thioether (sulfide) groups is 1. The number of rotatable bonds is 7. The predicted octanol–water partition coefficient (Wildman–Crippen LogP) is 5.90. The molecule has 0 aliphatic carbocycles. The van der Waals surface area contributed by atoms with Crippen LogP contribution in [0.3, 0.4) is 0 Å². The molecule has 4 nitrogen and oxygen atoms in total. The first-order valence-electron chi connectivity index (χ1n) is 9.66. The Balaban J connectivity index is 1.65. The van der Waals surface area contributed by atoms with Gasteiger partial charge in [-0.1, -0.05) is 30.7 Å². The summed E-state index contributed by atoms with van der Waals surface area (Å²) >= 11 is 1.45. The molecule has 3 rings (SSSR count). The summed E-state index contributed by atoms with van der Waals surface area (Å²) in [4.78, 5) is 25.9. The maximum atomic E-state index is 13.0. The van der Waals surface area contributed by atoms with Crippen LogP contribution in [-0.4, -0.2) is 17.1 Å². The first kappa shape index (κ1) is 21.6. The Bertz CT molecular complexity index is 1020. The number of aryl methyl sites for hydroxylation is 1. The Hall–Kier alpha value is -3.12. The number of hydrogen-bond donors (Lipinski definition) is 2. The topological polar surface area (TPSA) is 58.2 Å². The number of anilines is 2. The van der Waals surface area contributed by atoms with Crippen molar-refractivity contribution in [2.75, 3.05) is 10.6 Å². The molecule has 0 bridgehead atoms. The number of carbonyl (C=O) groups excluding carboxylic acids is 2. The molecule has 2 amide bonds. The highest BCUT2D eigenvalue weighted by molar-refractivity contribution is 8.00. The number of halogens is 1. The molecule has 0 heterocycles. The summed E-state index contributed by atoms with van der Waals surface area (Å²) in [6.45, 7) is 3.96. The highest BCUT2D eigenvalue weighted by Crippen LogP contribution is 2.28. The molecule has 1 atom stereocenters. The molecular weight excluding hydrogens is 399 g/mol. The minimum absolute atomic E-state index is 0.0629. The fourth-order valence-electron chi connectivity index (χ4n) is 2.80. The second-order valence-electron chi connectivity index (χ2n) is 6.86. The van der Waals surface area contributed by atoms with Gasteiger partial charge in [-0.2, -0.15) is 0 Å². The quantitative estimate of drug-likeness (QED) is 0.466. The molecule has 3 aromatic rings. The third-order valence-corrected chi connectivity index (χ3v) is 5.82. The van der Waals surface area contributed by atoms with Gasteiger partial charge in [0.2, 0.25) is 5.91 Å². The van der Waals surface area contributed by atoms with Gasteiger partial charge in [-0.05, 0) is 67.9 Å². The van der Waals surface area contributed by atoms with Crippen LogP contribution in [0.2, 0.25) is 0 Å². The van der Waals surface area contributed by atoms with Crippen LogP contribution < -0.4 is 10.6 Å². The van der Waals surface area contributed by atoms with E-state index in [1.54, 1.807) is 6.07 Å². The zero-order chi connectivity index (χ0) is 21.5. The molecule has 0 saturated heterocycles. The molecule has 154 valence electrons. The minimum atomic E-state index is -0.389. The Morgan fingerprint density at radius 1 is 0.933 bits per heavy atom. The lowest BCUT2D eigenvalue weighted by Gasteiger charge is -2.15. The highest BCUT2D eigenvalue weighted by Gasteiger charge is 2.18. The van der Waals surface area contributed by atoms with Crippen molar-refractivity contribution in [2.24, 2.45) is 0 Å². The first-order valence-corrected chi connectivity index (χ1v) is 10.5. The van der Waals surface area contributed by atoms with Crippen LogP contribution in [0.5, 0.6) is 0 Å². The lowest BCUT2D eigenvalue weighted by Crippen LogP contribution is -2.24. The van der Waals surface area contributed by atoms with Crippen LogP contribution in [-0.2, 0) is 4.79 Å². The maximum Gasteiger partial charge on any atom is 0.255 e. The van der Waals surface area contributed by atoms with Gasteiger partial charge in [0.15, 0.2) is 0 Å². The molecule has 30 heavy (non-hydrogen) atoms. The van der Waals surface area contributed by atoms with Crippen molar-refractivity contribution in [1.82, 2.24) is 0 Å². The normalized spacial score (nSPS) is 11.6. The zero-order valence-corrected chi connectivity index (χ0v) is 17.6. The Morgan fingerprint density at radius 3 is 2.30 bits per heavy atom. The van der Waals surface area contributed by atoms with E-state index in [0.717, 1.165) is 16.1 Å². The van der Waals surface area contributed by atoms with Gasteiger partial charge in [0, 0.05) is 21.8 Å². The molecule has 0 fully saturated rings. The summed E-state index contributed by atoms with van der Waals surface area (Å²) in [7, 11) is 0. The smallest absolute Gasteiger partial charge is 0.255 e. The minimum Gasteiger partial charge on any atom is -0.325 e. The molecule has 0 aromatic heterocycles. The van der Waals surface area contributed by atoms with E-state index >= 15 is 0 Å². The summed E-state index contributed by atoms with van der Waals surface area (Å²) < 4.78 is 13.0. The van der Waals surface area contributed by atoms with Crippen molar-refractivity contribution in [1.29, 1.82) is 0 Å². The fourth-order valence-corrected chi connectivity index (χ4v) is 3.81. The van der Waals surface area contributed by atoms with Crippen LogP contribution in [0.25, 0.3) is 0 Å². The molecule has 0 spiro atoms. The lowest BCUT2D eigenvalue weighted by atomic mass is 10.2. The van der Waals surface area contributed by atoms with Crippen LogP contribution in [0.1, 0.15) is 29.3 Å². The molecule has 2 N–H and O–H groups in total. The molecule has 1 unspecified atom stereocenters. The van der Waals surface area contributed by atoms with Crippen molar-refractivity contribution in [2.45, 2.75) is 30.4 Å². The Morgan fingerprint density at radius 2 is 1.63 bits per heavy atom. The monoisotopic (exact) mass is 422 g/mol. The first-order chi connectivity index (χ1) is 14.4. The van der Waals surface area contributed by atoms with E-state index in [0.29, 0.717) is 17.7 Å². The average Bonchev–Trinajstić information content (AvgIpc) is 2.74. The summed E-state index contributed by atoms with van der Waals surface area (Å²) in [5.74, 6) is -0.770. The molecule has 0 aliphatic rings. The van der Waals surface area contributed by atoms with Crippen molar-refractivity contribution < 1.29 is 14.0 Å². The number of amides is 2. The molecule has 0 radical (unpaired) electrons. The van der Waals surface area contributed by atoms with Gasteiger partial charge in [0.05, 0.1) is 5.25 Å². The molecule has 0 saturated carbocycles. The van der Waals surface area contributed by atoms with E-state index in [1.165, 1.54) is 36.0 Å². The second kappa shape index (κ2) is 10.1. The molecule has 3 aromatic carbocycles. The number of hydrogen-bond acceptors (Lipinski definition) is 3. The average molecular weight is 423 g/mol. The fraction of sp³-hybridized carbons (Fsp3) is 0.167. The zero-order valence-electron chi connectivity index (χ0n) is 16.8. The predicted molar refractivity (Wildman–Crippen MR) is 121 cm³/mol. The summed E-state index contributed by atoms with van der Waals surface area (Å²) in [5, 5.41) is 5.49. The Labute approximate surface area is 179 Å². The van der Waals surface area contributed by atoms with E-state index < -0.39 is 0 Å². The maximum absolute atomic E-state index is 13.0. The SMILES string of the molecule is CCC(Sc1cccc(NC(=O)c2ccc(F)cc2)c1)C(=O)Nc1ccc(C)cc1. The van der Waals surface area contributed by atoms with Gasteiger partial charge in [-0.15, -0.1) is 11.8 Å². The van der Waals surface area contributed by atoms with Crippen molar-refractivity contribution >= 4 is 35.0 Å². The van der Waals surface area contributed by atoms with Gasteiger partial charge >= 0.3 is 0 Å². The molecule has 6 heteroatoms. The standard InChI is InChI=1S/C24H23FN2O2S/c1-3-22(24(29)26-19-13-7-16(2)8-14-19)30-21-6-4-5-20(15-21)27-23(28)17-9-11-18(25)12-10-17/h4-15,22H,3H2,1-2H3,(H,26,29)(H,27,28). The van der Waals surface area contributed by atoms with Crippen molar-refractivity contribution in [3.63, 3.8) is 0 Å². The van der Waals surface area contributed by atoms with Gasteiger partial charge in [0.25, 0.3) is 5.91 Å². The third kappa shape index (κ3) is 5.94.